The quantitative estimate of drug-likeness (QED) is 0.345. The van der Waals surface area contributed by atoms with Crippen LogP contribution in [0.3, 0.4) is 0 Å². The Bertz CT molecular complexity index is 708. The van der Waals surface area contributed by atoms with Crippen LogP contribution in [0, 0.1) is 19.8 Å². The van der Waals surface area contributed by atoms with E-state index in [0.717, 1.165) is 70.3 Å². The summed E-state index contributed by atoms with van der Waals surface area (Å²) in [5.41, 5.74) is 2.25. The highest BCUT2D eigenvalue weighted by Crippen LogP contribution is 2.16. The zero-order valence-corrected chi connectivity index (χ0v) is 21.1. The number of nitrogens with zero attached hydrogens (tertiary/aromatic N) is 5. The minimum absolute atomic E-state index is 0. The van der Waals surface area contributed by atoms with Crippen LogP contribution in [0.2, 0.25) is 0 Å². The van der Waals surface area contributed by atoms with Crippen molar-refractivity contribution < 1.29 is 9.53 Å². The van der Waals surface area contributed by atoms with Gasteiger partial charge in [0.05, 0.1) is 5.69 Å². The molecule has 3 heterocycles. The number of piperazine rings is 1. The van der Waals surface area contributed by atoms with Gasteiger partial charge in [-0.1, -0.05) is 6.92 Å². The van der Waals surface area contributed by atoms with Crippen LogP contribution in [0.4, 0.5) is 0 Å². The molecule has 3 rings (SSSR count). The van der Waals surface area contributed by atoms with Gasteiger partial charge in [-0.2, -0.15) is 5.10 Å². The summed E-state index contributed by atoms with van der Waals surface area (Å²) in [6, 6.07) is 2.11. The van der Waals surface area contributed by atoms with E-state index >= 15 is 0 Å². The number of carbonyl (C=O) groups excluding carboxylic acids is 1. The molecule has 2 atom stereocenters. The third kappa shape index (κ3) is 6.57. The second-order valence-electron chi connectivity index (χ2n) is 8.22. The third-order valence-electron chi connectivity index (χ3n) is 5.57. The molecular weight excluding hydrogens is 495 g/mol. The van der Waals surface area contributed by atoms with Crippen LogP contribution in [0.1, 0.15) is 38.1 Å². The smallest absolute Gasteiger partial charge is 0.251 e. The highest BCUT2D eigenvalue weighted by atomic mass is 127. The number of amides is 1. The summed E-state index contributed by atoms with van der Waals surface area (Å²) in [5, 5.41) is 7.97. The molecule has 0 bridgehead atoms. The van der Waals surface area contributed by atoms with Crippen molar-refractivity contribution in [1.29, 1.82) is 0 Å². The Kier molecular flexibility index (Phi) is 9.86. The van der Waals surface area contributed by atoms with Gasteiger partial charge < -0.3 is 19.9 Å². The number of rotatable bonds is 6. The predicted octanol–water partition coefficient (Wildman–Crippen LogP) is 2.04. The van der Waals surface area contributed by atoms with E-state index in [1.165, 1.54) is 5.69 Å². The fourth-order valence-corrected chi connectivity index (χ4v) is 4.00. The second kappa shape index (κ2) is 11.9. The van der Waals surface area contributed by atoms with Crippen LogP contribution >= 0.6 is 24.0 Å². The molecule has 8 nitrogen and oxygen atoms in total. The van der Waals surface area contributed by atoms with E-state index in [4.69, 9.17) is 9.73 Å². The van der Waals surface area contributed by atoms with Crippen LogP contribution in [0.25, 0.3) is 0 Å². The molecule has 0 radical (unpaired) electrons. The Labute approximate surface area is 197 Å². The van der Waals surface area contributed by atoms with E-state index in [2.05, 4.69) is 46.8 Å². The Balaban J connectivity index is 0.00000320. The maximum atomic E-state index is 12.5. The van der Waals surface area contributed by atoms with E-state index < -0.39 is 0 Å². The van der Waals surface area contributed by atoms with Crippen LogP contribution in [-0.2, 0) is 16.1 Å². The monoisotopic (exact) mass is 532 g/mol. The summed E-state index contributed by atoms with van der Waals surface area (Å²) in [4.78, 5) is 21.6. The number of aryl methyl sites for hydroxylation is 2. The Hall–Kier alpha value is -1.36. The van der Waals surface area contributed by atoms with Crippen molar-refractivity contribution in [3.05, 3.63) is 17.5 Å². The average Bonchev–Trinajstić information content (AvgIpc) is 3.35. The van der Waals surface area contributed by atoms with E-state index in [-0.39, 0.29) is 36.0 Å². The number of halogens is 1. The topological polar surface area (TPSA) is 75.0 Å². The maximum Gasteiger partial charge on any atom is 0.251 e. The number of nitrogens with one attached hydrogen (secondary N) is 1. The molecule has 1 aromatic rings. The first-order valence-corrected chi connectivity index (χ1v) is 10.9. The van der Waals surface area contributed by atoms with Gasteiger partial charge >= 0.3 is 0 Å². The number of aliphatic imine (C=N–C) groups is 1. The lowest BCUT2D eigenvalue weighted by atomic mass is 10.2. The fraction of sp³-hybridized carbons (Fsp3) is 0.762. The molecule has 0 aromatic carbocycles. The fourth-order valence-electron chi connectivity index (χ4n) is 4.00. The van der Waals surface area contributed by atoms with Crippen molar-refractivity contribution in [2.45, 2.75) is 53.2 Å². The number of hydrogen-bond donors (Lipinski definition) is 1. The van der Waals surface area contributed by atoms with Gasteiger partial charge in [-0.15, -0.1) is 24.0 Å². The molecular formula is C21H37IN6O2. The molecule has 2 fully saturated rings. The van der Waals surface area contributed by atoms with Crippen LogP contribution < -0.4 is 5.32 Å². The lowest BCUT2D eigenvalue weighted by Crippen LogP contribution is -2.55. The second-order valence-corrected chi connectivity index (χ2v) is 8.22. The number of guanidine groups is 1. The number of carbonyl (C=O) groups is 1. The Morgan fingerprint density at radius 2 is 2.00 bits per heavy atom. The molecule has 0 spiro atoms. The van der Waals surface area contributed by atoms with Crippen LogP contribution in [-0.4, -0.2) is 83.4 Å². The molecule has 2 aliphatic rings. The van der Waals surface area contributed by atoms with Gasteiger partial charge in [0.15, 0.2) is 5.96 Å². The van der Waals surface area contributed by atoms with Crippen molar-refractivity contribution in [2.24, 2.45) is 10.9 Å². The zero-order valence-electron chi connectivity index (χ0n) is 18.8. The SMILES string of the molecule is CCNC(=NCC(C)Cn1nc(C)cc1C)N1CCN(C(=O)C2CCCO2)CC1.I. The average molecular weight is 532 g/mol. The molecule has 0 saturated carbocycles. The van der Waals surface area contributed by atoms with Crippen molar-refractivity contribution in [1.82, 2.24) is 24.9 Å². The first-order valence-electron chi connectivity index (χ1n) is 10.9. The summed E-state index contributed by atoms with van der Waals surface area (Å²) in [7, 11) is 0. The van der Waals surface area contributed by atoms with E-state index in [1.807, 2.05) is 11.8 Å². The molecule has 2 aliphatic heterocycles. The first kappa shape index (κ1) is 24.9. The summed E-state index contributed by atoms with van der Waals surface area (Å²) < 4.78 is 7.62. The molecule has 1 amide bonds. The van der Waals surface area contributed by atoms with E-state index in [0.29, 0.717) is 12.5 Å². The van der Waals surface area contributed by atoms with Crippen molar-refractivity contribution in [3.8, 4) is 0 Å². The van der Waals surface area contributed by atoms with Gasteiger partial charge in [-0.05, 0) is 45.6 Å². The van der Waals surface area contributed by atoms with Gasteiger partial charge in [0.2, 0.25) is 0 Å². The number of ether oxygens (including phenoxy) is 1. The van der Waals surface area contributed by atoms with Crippen molar-refractivity contribution in [2.75, 3.05) is 45.9 Å². The molecule has 170 valence electrons. The van der Waals surface area contributed by atoms with Gasteiger partial charge in [0.1, 0.15) is 6.10 Å². The lowest BCUT2D eigenvalue weighted by molar-refractivity contribution is -0.142. The largest absolute Gasteiger partial charge is 0.368 e. The maximum absolute atomic E-state index is 12.5. The number of aromatic nitrogens is 2. The van der Waals surface area contributed by atoms with Crippen molar-refractivity contribution >= 4 is 35.8 Å². The third-order valence-corrected chi connectivity index (χ3v) is 5.57. The number of hydrogen-bond acceptors (Lipinski definition) is 4. The standard InChI is InChI=1S/C21H36N6O2.HI/c1-5-22-21(23-14-16(2)15-27-18(4)13-17(3)24-27)26-10-8-25(9-11-26)20(28)19-7-6-12-29-19;/h13,16,19H,5-12,14-15H2,1-4H3,(H,22,23);1H. The minimum Gasteiger partial charge on any atom is -0.368 e. The normalized spacial score (nSPS) is 20.8. The summed E-state index contributed by atoms with van der Waals surface area (Å²) in [5.74, 6) is 1.49. The molecule has 2 saturated heterocycles. The molecule has 1 aromatic heterocycles. The zero-order chi connectivity index (χ0) is 20.8. The minimum atomic E-state index is -0.223. The molecule has 1 N–H and O–H groups in total. The van der Waals surface area contributed by atoms with Crippen LogP contribution in [0.5, 0.6) is 0 Å². The van der Waals surface area contributed by atoms with Gasteiger partial charge in [0, 0.05) is 58.1 Å². The predicted molar refractivity (Wildman–Crippen MR) is 129 cm³/mol. The summed E-state index contributed by atoms with van der Waals surface area (Å²) in [6.07, 6.45) is 1.62. The lowest BCUT2D eigenvalue weighted by Gasteiger charge is -2.37. The first-order chi connectivity index (χ1) is 14.0. The van der Waals surface area contributed by atoms with Crippen molar-refractivity contribution in [3.63, 3.8) is 0 Å². The van der Waals surface area contributed by atoms with Crippen LogP contribution in [0.15, 0.2) is 11.1 Å². The van der Waals surface area contributed by atoms with Gasteiger partial charge in [0.25, 0.3) is 5.91 Å². The molecule has 9 heteroatoms. The van der Waals surface area contributed by atoms with Gasteiger partial charge in [-0.25, -0.2) is 0 Å². The molecule has 2 unspecified atom stereocenters. The summed E-state index contributed by atoms with van der Waals surface area (Å²) >= 11 is 0. The Morgan fingerprint density at radius 3 is 2.57 bits per heavy atom. The molecule has 30 heavy (non-hydrogen) atoms. The Morgan fingerprint density at radius 1 is 1.30 bits per heavy atom. The highest BCUT2D eigenvalue weighted by molar-refractivity contribution is 14.0. The highest BCUT2D eigenvalue weighted by Gasteiger charge is 2.30. The van der Waals surface area contributed by atoms with E-state index in [9.17, 15) is 4.79 Å². The molecule has 0 aliphatic carbocycles. The summed E-state index contributed by atoms with van der Waals surface area (Å²) in [6.45, 7) is 14.6. The van der Waals surface area contributed by atoms with E-state index in [1.54, 1.807) is 0 Å². The van der Waals surface area contributed by atoms with Gasteiger partial charge in [-0.3, -0.25) is 14.5 Å².